The molecule has 0 saturated carbocycles. The molecule has 0 saturated heterocycles. The molecule has 148 valence electrons. The Bertz CT molecular complexity index is 1180. The number of rotatable bonds is 3. The summed E-state index contributed by atoms with van der Waals surface area (Å²) in [5, 5.41) is 9.02. The summed E-state index contributed by atoms with van der Waals surface area (Å²) in [4.78, 5) is 27.2. The number of nitrogens with zero attached hydrogens (tertiary/aromatic N) is 3. The summed E-state index contributed by atoms with van der Waals surface area (Å²) in [6, 6.07) is 9.61. The summed E-state index contributed by atoms with van der Waals surface area (Å²) in [5.74, 6) is 0.116. The minimum Gasteiger partial charge on any atom is -0.492 e. The number of fused-ring (bicyclic) bond motifs is 1. The van der Waals surface area contributed by atoms with Crippen LogP contribution < -0.4 is 10.4 Å². The number of carbonyl (C=O) groups is 2. The van der Waals surface area contributed by atoms with Crippen molar-refractivity contribution in [2.24, 2.45) is 12.0 Å². The molecule has 4 rings (SSSR count). The summed E-state index contributed by atoms with van der Waals surface area (Å²) < 4.78 is 22.4. The number of benzene rings is 2. The van der Waals surface area contributed by atoms with Gasteiger partial charge in [0, 0.05) is 31.4 Å². The first-order chi connectivity index (χ1) is 13.9. The van der Waals surface area contributed by atoms with Gasteiger partial charge in [0.25, 0.3) is 0 Å². The molecular weight excluding hydrogens is 377 g/mol. The second kappa shape index (κ2) is 7.38. The van der Waals surface area contributed by atoms with Crippen molar-refractivity contribution in [2.45, 2.75) is 13.0 Å². The Morgan fingerprint density at radius 3 is 2.66 bits per heavy atom. The molecule has 2 heterocycles. The Kier molecular flexibility index (Phi) is 4.75. The van der Waals surface area contributed by atoms with E-state index in [-0.39, 0.29) is 23.6 Å². The van der Waals surface area contributed by atoms with Crippen molar-refractivity contribution in [2.75, 3.05) is 6.61 Å². The normalized spacial score (nSPS) is 13.9. The minimum absolute atomic E-state index is 0.0232. The first-order valence-electron chi connectivity index (χ1n) is 9.00. The molecule has 3 aromatic rings. The summed E-state index contributed by atoms with van der Waals surface area (Å²) in [6.45, 7) is 0.607. The van der Waals surface area contributed by atoms with Gasteiger partial charge >= 0.3 is 6.09 Å². The average Bonchev–Trinajstić information content (AvgIpc) is 3.02. The Hall–Kier alpha value is -3.68. The van der Waals surface area contributed by atoms with Crippen LogP contribution in [-0.4, -0.2) is 32.7 Å². The van der Waals surface area contributed by atoms with Crippen LogP contribution in [0.5, 0.6) is 5.75 Å². The minimum atomic E-state index is -1.29. The number of amides is 1. The molecule has 7 nitrogen and oxygen atoms in total. The number of ether oxygens (including phenoxy) is 1. The van der Waals surface area contributed by atoms with Crippen LogP contribution >= 0.6 is 0 Å². The van der Waals surface area contributed by atoms with Crippen molar-refractivity contribution in [1.29, 1.82) is 0 Å². The highest BCUT2D eigenvalue weighted by Crippen LogP contribution is 2.37. The number of halogens is 1. The van der Waals surface area contributed by atoms with Crippen LogP contribution in [0.15, 0.2) is 53.8 Å². The van der Waals surface area contributed by atoms with Gasteiger partial charge in [-0.15, -0.1) is 4.99 Å². The van der Waals surface area contributed by atoms with E-state index in [0.29, 0.717) is 30.0 Å². The quantitative estimate of drug-likeness (QED) is 0.738. The van der Waals surface area contributed by atoms with Crippen LogP contribution in [0.3, 0.4) is 0 Å². The molecule has 0 unspecified atom stereocenters. The third kappa shape index (κ3) is 3.69. The zero-order chi connectivity index (χ0) is 20.5. The molecule has 1 N–H and O–H groups in total. The summed E-state index contributed by atoms with van der Waals surface area (Å²) >= 11 is 0. The molecule has 0 fully saturated rings. The van der Waals surface area contributed by atoms with Crippen LogP contribution in [0.25, 0.3) is 11.1 Å². The fourth-order valence-electron chi connectivity index (χ4n) is 3.43. The third-order valence-corrected chi connectivity index (χ3v) is 4.77. The van der Waals surface area contributed by atoms with Gasteiger partial charge in [0.2, 0.25) is 5.62 Å². The van der Waals surface area contributed by atoms with Gasteiger partial charge in [-0.25, -0.2) is 9.18 Å². The van der Waals surface area contributed by atoms with Crippen molar-refractivity contribution >= 4 is 11.9 Å². The number of carboxylic acid groups (broad SMARTS) is 1. The molecule has 8 heteroatoms. The van der Waals surface area contributed by atoms with E-state index in [1.165, 1.54) is 12.1 Å². The highest BCUT2D eigenvalue weighted by Gasteiger charge is 2.23. The summed E-state index contributed by atoms with van der Waals surface area (Å²) in [5.41, 5.74) is 2.94. The largest absolute Gasteiger partial charge is 0.492 e. The molecule has 1 aromatic heterocycles. The van der Waals surface area contributed by atoms with Crippen LogP contribution in [0.2, 0.25) is 0 Å². The molecule has 0 aliphatic carbocycles. The van der Waals surface area contributed by atoms with E-state index in [0.717, 1.165) is 11.1 Å². The molecule has 1 aliphatic heterocycles. The second-order valence-corrected chi connectivity index (χ2v) is 6.78. The van der Waals surface area contributed by atoms with Gasteiger partial charge in [-0.2, -0.15) is 0 Å². The Balaban J connectivity index is 1.84. The maximum absolute atomic E-state index is 13.4. The van der Waals surface area contributed by atoms with Crippen LogP contribution in [-0.2, 0) is 13.6 Å². The molecular formula is C21H18FN3O4. The topological polar surface area (TPSA) is 85.8 Å². The number of ketones is 1. The lowest BCUT2D eigenvalue weighted by Crippen LogP contribution is -2.26. The third-order valence-electron chi connectivity index (χ3n) is 4.77. The second-order valence-electron chi connectivity index (χ2n) is 6.78. The number of Topliss-reactive ketones (excluding diaryl/α,β-unsaturated/α-hetero) is 1. The Labute approximate surface area is 165 Å². The van der Waals surface area contributed by atoms with Gasteiger partial charge in [-0.1, -0.05) is 12.1 Å². The average molecular weight is 395 g/mol. The molecule has 1 aliphatic rings. The standard InChI is InChI=1S/C21H18FN3O4/c1-24-7-8-25(20(24)23-21(27)28)12-13-10-16(14-2-4-15(22)5-3-14)19-17(11-13)18(26)6-9-29-19/h2-5,7-8,10-11H,6,9,12H2,1H3,(H,27,28). The molecule has 0 spiro atoms. The van der Waals surface area contributed by atoms with E-state index in [1.807, 2.05) is 6.07 Å². The van der Waals surface area contributed by atoms with E-state index in [4.69, 9.17) is 9.84 Å². The molecule has 1 amide bonds. The smallest absolute Gasteiger partial charge is 0.434 e. The van der Waals surface area contributed by atoms with Crippen LogP contribution in [0.4, 0.5) is 9.18 Å². The van der Waals surface area contributed by atoms with E-state index < -0.39 is 6.09 Å². The van der Waals surface area contributed by atoms with Crippen molar-refractivity contribution < 1.29 is 23.8 Å². The monoisotopic (exact) mass is 395 g/mol. The molecule has 0 radical (unpaired) electrons. The van der Waals surface area contributed by atoms with Gasteiger partial charge in [0.1, 0.15) is 11.6 Å². The van der Waals surface area contributed by atoms with Crippen LogP contribution in [0.1, 0.15) is 22.3 Å². The first kappa shape index (κ1) is 18.7. The van der Waals surface area contributed by atoms with Gasteiger partial charge in [-0.05, 0) is 35.4 Å². The maximum atomic E-state index is 13.4. The molecule has 2 aromatic carbocycles. The van der Waals surface area contributed by atoms with E-state index >= 15 is 0 Å². The number of hydrogen-bond acceptors (Lipinski definition) is 3. The number of aromatic nitrogens is 2. The van der Waals surface area contributed by atoms with Crippen molar-refractivity contribution in [3.05, 3.63) is 71.4 Å². The zero-order valence-electron chi connectivity index (χ0n) is 15.6. The van der Waals surface area contributed by atoms with Gasteiger partial charge in [-0.3, -0.25) is 4.79 Å². The fraction of sp³-hybridized carbons (Fsp3) is 0.190. The highest BCUT2D eigenvalue weighted by molar-refractivity contribution is 6.02. The lowest BCUT2D eigenvalue weighted by atomic mass is 9.94. The Morgan fingerprint density at radius 1 is 1.21 bits per heavy atom. The maximum Gasteiger partial charge on any atom is 0.434 e. The van der Waals surface area contributed by atoms with Crippen molar-refractivity contribution in [3.8, 4) is 16.9 Å². The van der Waals surface area contributed by atoms with Crippen LogP contribution in [0, 0.1) is 5.82 Å². The zero-order valence-corrected chi connectivity index (χ0v) is 15.6. The molecule has 0 bridgehead atoms. The SMILES string of the molecule is Cn1ccn(Cc2cc3c(c(-c4ccc(F)cc4)c2)OCCC3=O)c1=NC(=O)O. The predicted molar refractivity (Wildman–Crippen MR) is 102 cm³/mol. The highest BCUT2D eigenvalue weighted by atomic mass is 19.1. The van der Waals surface area contributed by atoms with Crippen molar-refractivity contribution in [3.63, 3.8) is 0 Å². The lowest BCUT2D eigenvalue weighted by Gasteiger charge is -2.21. The first-order valence-corrected chi connectivity index (χ1v) is 9.00. The summed E-state index contributed by atoms with van der Waals surface area (Å²) in [7, 11) is 1.70. The number of aryl methyl sites for hydroxylation is 1. The van der Waals surface area contributed by atoms with E-state index in [1.54, 1.807) is 46.8 Å². The molecule has 0 atom stereocenters. The number of imidazole rings is 1. The Morgan fingerprint density at radius 2 is 1.93 bits per heavy atom. The van der Waals surface area contributed by atoms with Gasteiger partial charge < -0.3 is 19.0 Å². The van der Waals surface area contributed by atoms with Gasteiger partial charge in [0.15, 0.2) is 5.78 Å². The fourth-order valence-corrected chi connectivity index (χ4v) is 3.43. The van der Waals surface area contributed by atoms with Gasteiger partial charge in [0.05, 0.1) is 18.7 Å². The predicted octanol–water partition coefficient (Wildman–Crippen LogP) is 3.22. The summed E-state index contributed by atoms with van der Waals surface area (Å²) in [6.07, 6.45) is 2.42. The lowest BCUT2D eigenvalue weighted by molar-refractivity contribution is 0.0933. The van der Waals surface area contributed by atoms with E-state index in [2.05, 4.69) is 4.99 Å². The van der Waals surface area contributed by atoms with E-state index in [9.17, 15) is 14.0 Å². The number of hydrogen-bond donors (Lipinski definition) is 1. The number of carbonyl (C=O) groups excluding carboxylic acids is 1. The van der Waals surface area contributed by atoms with Crippen molar-refractivity contribution in [1.82, 2.24) is 9.13 Å². The molecule has 29 heavy (non-hydrogen) atoms.